The largest absolute Gasteiger partial charge is 0.137 e. The van der Waals surface area contributed by atoms with Crippen LogP contribution < -0.4 is 0 Å². The van der Waals surface area contributed by atoms with E-state index in [4.69, 9.17) is 0 Å². The van der Waals surface area contributed by atoms with E-state index in [2.05, 4.69) is 36.6 Å². The van der Waals surface area contributed by atoms with Crippen LogP contribution in [0.1, 0.15) is 6.92 Å². The zero-order valence-electron chi connectivity index (χ0n) is 7.73. The maximum Gasteiger partial charge on any atom is 0.0666 e. The number of hydrogen-bond acceptors (Lipinski definition) is 4. The van der Waals surface area contributed by atoms with Crippen LogP contribution in [0.2, 0.25) is 0 Å². The highest BCUT2D eigenvalue weighted by atomic mass is 32.2. The molecule has 0 unspecified atom stereocenters. The van der Waals surface area contributed by atoms with Gasteiger partial charge in [-0.2, -0.15) is 0 Å². The molecule has 0 aromatic carbocycles. The van der Waals surface area contributed by atoms with E-state index >= 15 is 0 Å². The van der Waals surface area contributed by atoms with E-state index in [1.165, 1.54) is 12.6 Å². The van der Waals surface area contributed by atoms with Gasteiger partial charge < -0.3 is 0 Å². The van der Waals surface area contributed by atoms with Gasteiger partial charge in [-0.3, -0.25) is 0 Å². The van der Waals surface area contributed by atoms with E-state index in [0.717, 1.165) is 5.75 Å². The molecule has 0 fully saturated rings. The molecular formula is C10H10S4. The minimum absolute atomic E-state index is 1.16. The minimum atomic E-state index is 1.16. The summed E-state index contributed by atoms with van der Waals surface area (Å²) in [6.45, 7) is 2.19. The van der Waals surface area contributed by atoms with Gasteiger partial charge in [-0.15, -0.1) is 34.4 Å². The Labute approximate surface area is 101 Å². The molecule has 4 heteroatoms. The molecule has 2 aromatic heterocycles. The normalized spacial score (nSPS) is 10.6. The standard InChI is InChI=1S/C10H10S4/c1-2-11-9-5-6-10(14-9)13-8-4-3-7-12-8/h3-7H,2H2,1H3. The molecular weight excluding hydrogens is 248 g/mol. The molecule has 74 valence electrons. The zero-order chi connectivity index (χ0) is 9.80. The van der Waals surface area contributed by atoms with Crippen LogP contribution in [0.25, 0.3) is 0 Å². The summed E-state index contributed by atoms with van der Waals surface area (Å²) < 4.78 is 4.19. The first kappa shape index (κ1) is 10.6. The van der Waals surface area contributed by atoms with Crippen molar-refractivity contribution in [2.75, 3.05) is 5.75 Å². The molecule has 0 aliphatic heterocycles. The quantitative estimate of drug-likeness (QED) is 0.702. The van der Waals surface area contributed by atoms with Crippen molar-refractivity contribution < 1.29 is 0 Å². The average Bonchev–Trinajstić information content (AvgIpc) is 2.79. The van der Waals surface area contributed by atoms with Gasteiger partial charge in [-0.25, -0.2) is 0 Å². The lowest BCUT2D eigenvalue weighted by atomic mass is 10.7. The lowest BCUT2D eigenvalue weighted by Gasteiger charge is -1.91. The van der Waals surface area contributed by atoms with E-state index in [9.17, 15) is 0 Å². The van der Waals surface area contributed by atoms with Crippen LogP contribution in [0.3, 0.4) is 0 Å². The molecule has 0 saturated heterocycles. The molecule has 0 bridgehead atoms. The molecule has 2 heterocycles. The highest BCUT2D eigenvalue weighted by Gasteiger charge is 2.02. The van der Waals surface area contributed by atoms with Gasteiger partial charge in [0.25, 0.3) is 0 Å². The third kappa shape index (κ3) is 2.79. The van der Waals surface area contributed by atoms with Crippen molar-refractivity contribution in [1.82, 2.24) is 0 Å². The van der Waals surface area contributed by atoms with Crippen molar-refractivity contribution in [3.63, 3.8) is 0 Å². The molecule has 0 spiro atoms. The molecule has 0 atom stereocenters. The fourth-order valence-electron chi connectivity index (χ4n) is 0.999. The van der Waals surface area contributed by atoms with E-state index in [1.807, 2.05) is 34.9 Å². The minimum Gasteiger partial charge on any atom is -0.137 e. The van der Waals surface area contributed by atoms with E-state index in [1.54, 1.807) is 11.3 Å². The van der Waals surface area contributed by atoms with Crippen LogP contribution in [-0.4, -0.2) is 5.75 Å². The first-order valence-corrected chi connectivity index (χ1v) is 7.82. The van der Waals surface area contributed by atoms with Gasteiger partial charge in [0.2, 0.25) is 0 Å². The van der Waals surface area contributed by atoms with Crippen molar-refractivity contribution in [3.05, 3.63) is 29.6 Å². The van der Waals surface area contributed by atoms with Crippen molar-refractivity contribution in [2.24, 2.45) is 0 Å². The number of thiophene rings is 2. The van der Waals surface area contributed by atoms with Crippen molar-refractivity contribution in [2.45, 2.75) is 19.6 Å². The van der Waals surface area contributed by atoms with Crippen molar-refractivity contribution in [1.29, 1.82) is 0 Å². The summed E-state index contributed by atoms with van der Waals surface area (Å²) in [5.41, 5.74) is 0. The van der Waals surface area contributed by atoms with Crippen LogP contribution in [0.15, 0.2) is 42.3 Å². The van der Waals surface area contributed by atoms with Crippen LogP contribution >= 0.6 is 46.2 Å². The smallest absolute Gasteiger partial charge is 0.0666 e. The second kappa shape index (κ2) is 5.26. The maximum absolute atomic E-state index is 2.22. The predicted molar refractivity (Wildman–Crippen MR) is 69.2 cm³/mol. The summed E-state index contributed by atoms with van der Waals surface area (Å²) in [5, 5.41) is 2.12. The lowest BCUT2D eigenvalue weighted by molar-refractivity contribution is 1.51. The Balaban J connectivity index is 2.03. The fourth-order valence-corrected chi connectivity index (χ4v) is 5.36. The van der Waals surface area contributed by atoms with Gasteiger partial charge in [0.1, 0.15) is 0 Å². The predicted octanol–water partition coefficient (Wildman–Crippen LogP) is 5.07. The summed E-state index contributed by atoms with van der Waals surface area (Å²) in [6, 6.07) is 8.70. The molecule has 0 N–H and O–H groups in total. The SMILES string of the molecule is CCSc1ccc(Sc2cccs2)s1. The Bertz CT molecular complexity index is 374. The Morgan fingerprint density at radius 2 is 2.00 bits per heavy atom. The topological polar surface area (TPSA) is 0 Å². The summed E-state index contributed by atoms with van der Waals surface area (Å²) >= 11 is 7.47. The Kier molecular flexibility index (Phi) is 3.99. The molecule has 0 radical (unpaired) electrons. The molecule has 0 amide bonds. The van der Waals surface area contributed by atoms with Gasteiger partial charge in [0.05, 0.1) is 12.6 Å². The van der Waals surface area contributed by atoms with Gasteiger partial charge in [0, 0.05) is 0 Å². The molecule has 0 aliphatic rings. The van der Waals surface area contributed by atoms with Crippen molar-refractivity contribution >= 4 is 46.2 Å². The van der Waals surface area contributed by atoms with Crippen LogP contribution in [0, 0.1) is 0 Å². The molecule has 2 aromatic rings. The first-order chi connectivity index (χ1) is 6.88. The van der Waals surface area contributed by atoms with Gasteiger partial charge in [0.15, 0.2) is 0 Å². The highest BCUT2D eigenvalue weighted by molar-refractivity contribution is 8.04. The molecule has 0 nitrogen and oxygen atoms in total. The van der Waals surface area contributed by atoms with E-state index in [-0.39, 0.29) is 0 Å². The Hall–Kier alpha value is 0.1000. The van der Waals surface area contributed by atoms with Crippen LogP contribution in [0.4, 0.5) is 0 Å². The van der Waals surface area contributed by atoms with E-state index < -0.39 is 0 Å². The highest BCUT2D eigenvalue weighted by Crippen LogP contribution is 2.38. The molecule has 14 heavy (non-hydrogen) atoms. The van der Waals surface area contributed by atoms with Gasteiger partial charge >= 0.3 is 0 Å². The van der Waals surface area contributed by atoms with Crippen molar-refractivity contribution in [3.8, 4) is 0 Å². The third-order valence-corrected chi connectivity index (χ3v) is 5.90. The second-order valence-electron chi connectivity index (χ2n) is 2.54. The zero-order valence-corrected chi connectivity index (χ0v) is 11.0. The Morgan fingerprint density at radius 3 is 2.71 bits per heavy atom. The summed E-state index contributed by atoms with van der Waals surface area (Å²) in [6.07, 6.45) is 0. The summed E-state index contributed by atoms with van der Waals surface area (Å²) in [7, 11) is 0. The first-order valence-electron chi connectivity index (χ1n) is 4.32. The molecule has 0 saturated carbocycles. The number of thioether (sulfide) groups is 1. The number of hydrogen-bond donors (Lipinski definition) is 0. The number of rotatable bonds is 4. The van der Waals surface area contributed by atoms with Crippen LogP contribution in [0.5, 0.6) is 0 Å². The lowest BCUT2D eigenvalue weighted by Crippen LogP contribution is -1.60. The van der Waals surface area contributed by atoms with Gasteiger partial charge in [-0.1, -0.05) is 24.8 Å². The second-order valence-corrected chi connectivity index (χ2v) is 7.74. The van der Waals surface area contributed by atoms with E-state index in [0.29, 0.717) is 0 Å². The fraction of sp³-hybridized carbons (Fsp3) is 0.200. The maximum atomic E-state index is 2.22. The third-order valence-electron chi connectivity index (χ3n) is 1.54. The molecule has 2 rings (SSSR count). The average molecular weight is 258 g/mol. The Morgan fingerprint density at radius 1 is 1.14 bits per heavy atom. The summed E-state index contributed by atoms with van der Waals surface area (Å²) in [4.78, 5) is 0. The summed E-state index contributed by atoms with van der Waals surface area (Å²) in [5.74, 6) is 1.16. The van der Waals surface area contributed by atoms with Crippen LogP contribution in [-0.2, 0) is 0 Å². The molecule has 0 aliphatic carbocycles. The van der Waals surface area contributed by atoms with Gasteiger partial charge in [-0.05, 0) is 29.3 Å². The monoisotopic (exact) mass is 258 g/mol.